The molecular weight excluding hydrogens is 855 g/mol. The van der Waals surface area contributed by atoms with Gasteiger partial charge in [-0.2, -0.15) is 0 Å². The van der Waals surface area contributed by atoms with E-state index in [9.17, 15) is 19.2 Å². The van der Waals surface area contributed by atoms with Gasteiger partial charge in [-0.15, -0.1) is 24.8 Å². The van der Waals surface area contributed by atoms with Crippen molar-refractivity contribution in [2.75, 3.05) is 63.1 Å². The molecule has 3 amide bonds. The third-order valence-electron chi connectivity index (χ3n) is 10.9. The number of carbonyl (C=O) groups excluding carboxylic acids is 3. The molecule has 332 valence electrons. The zero-order valence-corrected chi connectivity index (χ0v) is 35.7. The van der Waals surface area contributed by atoms with Crippen molar-refractivity contribution in [1.29, 1.82) is 0 Å². The molecule has 4 aliphatic heterocycles. The summed E-state index contributed by atoms with van der Waals surface area (Å²) in [5.41, 5.74) is 4.53. The lowest BCUT2D eigenvalue weighted by atomic mass is 10.2. The van der Waals surface area contributed by atoms with E-state index in [4.69, 9.17) is 14.6 Å². The average molecular weight is 904 g/mol. The molecule has 4 saturated heterocycles. The third kappa shape index (κ3) is 11.0. The number of ether oxygens (including phenoxy) is 2. The molecular formula is C42H48Cl2N12O7. The zero-order valence-electron chi connectivity index (χ0n) is 34.1. The number of halogens is 2. The van der Waals surface area contributed by atoms with Crippen LogP contribution in [0.3, 0.4) is 0 Å². The van der Waals surface area contributed by atoms with Gasteiger partial charge in [0.15, 0.2) is 0 Å². The van der Waals surface area contributed by atoms with Crippen LogP contribution in [0.4, 0.5) is 21.2 Å². The van der Waals surface area contributed by atoms with Gasteiger partial charge in [0.25, 0.3) is 5.91 Å². The first kappa shape index (κ1) is 45.8. The van der Waals surface area contributed by atoms with Crippen LogP contribution in [0, 0.1) is 0 Å². The SMILES string of the molecule is Cl.Cl.O=C(O)c1ccc(NCc2cnc3ccccn23)nc1.O=C(c1ccc(NCc2cnc3ccccn23)nc1)N1CC[C@H](N2CCOC2=O)C1.O=C1OCCN1[C@H]1CCNC1. The molecule has 21 heteroatoms. The number of likely N-dealkylation sites (tertiary alicyclic amines) is 1. The number of anilines is 2. The highest BCUT2D eigenvalue weighted by Crippen LogP contribution is 2.22. The van der Waals surface area contributed by atoms with Crippen LogP contribution in [0.2, 0.25) is 0 Å². The van der Waals surface area contributed by atoms with Crippen LogP contribution < -0.4 is 16.0 Å². The van der Waals surface area contributed by atoms with E-state index in [1.54, 1.807) is 34.3 Å². The topological polar surface area (TPSA) is 213 Å². The average Bonchev–Trinajstić information content (AvgIpc) is 4.16. The lowest BCUT2D eigenvalue weighted by Gasteiger charge is -2.21. The van der Waals surface area contributed by atoms with Crippen LogP contribution in [0.5, 0.6) is 0 Å². The van der Waals surface area contributed by atoms with Crippen molar-refractivity contribution in [3.05, 3.63) is 120 Å². The van der Waals surface area contributed by atoms with Gasteiger partial charge < -0.3 is 49.1 Å². The maximum Gasteiger partial charge on any atom is 0.410 e. The lowest BCUT2D eigenvalue weighted by Crippen LogP contribution is -2.39. The summed E-state index contributed by atoms with van der Waals surface area (Å²) in [6, 6.07) is 18.9. The summed E-state index contributed by atoms with van der Waals surface area (Å²) in [6.07, 6.45) is 11.9. The number of pyridine rings is 4. The highest BCUT2D eigenvalue weighted by Gasteiger charge is 2.36. The van der Waals surface area contributed by atoms with Crippen molar-refractivity contribution in [2.24, 2.45) is 0 Å². The van der Waals surface area contributed by atoms with Gasteiger partial charge >= 0.3 is 18.2 Å². The molecule has 0 radical (unpaired) electrons. The molecule has 0 saturated carbocycles. The first-order chi connectivity index (χ1) is 29.8. The second-order valence-electron chi connectivity index (χ2n) is 14.7. The van der Waals surface area contributed by atoms with Gasteiger partial charge in [0.05, 0.1) is 67.1 Å². The largest absolute Gasteiger partial charge is 0.478 e. The lowest BCUT2D eigenvalue weighted by molar-refractivity contribution is 0.0695. The first-order valence-electron chi connectivity index (χ1n) is 20.1. The number of hydrogen-bond donors (Lipinski definition) is 4. The molecule has 0 aliphatic carbocycles. The molecule has 4 aliphatic rings. The Bertz CT molecular complexity index is 2480. The molecule has 0 aromatic carbocycles. The number of carbonyl (C=O) groups is 4. The Labute approximate surface area is 374 Å². The fourth-order valence-corrected chi connectivity index (χ4v) is 7.59. The van der Waals surface area contributed by atoms with E-state index in [0.717, 1.165) is 55.2 Å². The number of aromatic nitrogens is 6. The first-order valence-corrected chi connectivity index (χ1v) is 20.1. The standard InChI is InChI=1S/C21H22N6O3.C14H12N4O2.C7H12N2O2.2ClH/c28-20(25-8-6-16(14-25)27-9-10-30-21(27)29)15-4-5-18(22-11-15)23-12-17-13-24-19-3-1-2-7-26(17)19;19-14(20)10-4-5-12(15-7-10)16-8-11-9-17-13-3-1-2-6-18(11)13;10-7-9(3-4-11-7)6-1-2-8-5-6;;/h1-5,7,11,13,16H,6,8-10,12,14H2,(H,22,23);1-7,9H,8H2,(H,15,16)(H,19,20);6,8H,1-5H2;2*1H/t16-;;6-;;/m0.0../s1. The number of imidazole rings is 2. The third-order valence-corrected chi connectivity index (χ3v) is 10.9. The van der Waals surface area contributed by atoms with E-state index >= 15 is 0 Å². The van der Waals surface area contributed by atoms with Gasteiger partial charge in [0.2, 0.25) is 0 Å². The molecule has 4 fully saturated rings. The summed E-state index contributed by atoms with van der Waals surface area (Å²) in [7, 11) is 0. The molecule has 2 atom stereocenters. The normalized spacial score (nSPS) is 17.7. The Morgan fingerprint density at radius 2 is 1.24 bits per heavy atom. The predicted octanol–water partition coefficient (Wildman–Crippen LogP) is 4.69. The van der Waals surface area contributed by atoms with E-state index in [1.807, 2.05) is 74.8 Å². The van der Waals surface area contributed by atoms with E-state index in [-0.39, 0.29) is 54.5 Å². The second kappa shape index (κ2) is 21.4. The molecule has 4 N–H and O–H groups in total. The molecule has 10 rings (SSSR count). The summed E-state index contributed by atoms with van der Waals surface area (Å²) in [6.45, 7) is 6.60. The predicted molar refractivity (Wildman–Crippen MR) is 237 cm³/mol. The smallest absolute Gasteiger partial charge is 0.410 e. The molecule has 19 nitrogen and oxygen atoms in total. The van der Waals surface area contributed by atoms with Crippen LogP contribution in [0.25, 0.3) is 11.3 Å². The fourth-order valence-electron chi connectivity index (χ4n) is 7.59. The Hall–Kier alpha value is -6.70. The summed E-state index contributed by atoms with van der Waals surface area (Å²) in [4.78, 5) is 68.7. The molecule has 10 heterocycles. The van der Waals surface area contributed by atoms with Crippen LogP contribution in [-0.4, -0.2) is 137 Å². The van der Waals surface area contributed by atoms with E-state index in [2.05, 4.69) is 35.9 Å². The van der Waals surface area contributed by atoms with Crippen molar-refractivity contribution in [3.8, 4) is 0 Å². The van der Waals surface area contributed by atoms with Crippen molar-refractivity contribution in [2.45, 2.75) is 38.0 Å². The maximum atomic E-state index is 12.8. The van der Waals surface area contributed by atoms with Crippen molar-refractivity contribution >= 4 is 71.8 Å². The van der Waals surface area contributed by atoms with Crippen molar-refractivity contribution in [1.82, 2.24) is 48.8 Å². The number of aromatic carboxylic acids is 1. The van der Waals surface area contributed by atoms with Crippen molar-refractivity contribution < 1.29 is 33.8 Å². The number of amides is 3. The number of cyclic esters (lactones) is 2. The minimum absolute atomic E-state index is 0. The molecule has 0 spiro atoms. The highest BCUT2D eigenvalue weighted by molar-refractivity contribution is 5.94. The van der Waals surface area contributed by atoms with Gasteiger partial charge in [-0.05, 0) is 67.9 Å². The number of nitrogens with zero attached hydrogens (tertiary/aromatic N) is 9. The number of carboxylic acids is 1. The molecule has 6 aromatic heterocycles. The number of hydrogen-bond acceptors (Lipinski definition) is 13. The number of carboxylic acid groups (broad SMARTS) is 1. The van der Waals surface area contributed by atoms with Crippen LogP contribution >= 0.6 is 24.8 Å². The maximum absolute atomic E-state index is 12.8. The van der Waals surface area contributed by atoms with E-state index in [1.165, 1.54) is 12.3 Å². The Balaban J connectivity index is 0.000000172. The highest BCUT2D eigenvalue weighted by atomic mass is 35.5. The zero-order chi connectivity index (χ0) is 42.1. The molecule has 0 bridgehead atoms. The Kier molecular flexibility index (Phi) is 15.6. The Morgan fingerprint density at radius 3 is 1.71 bits per heavy atom. The summed E-state index contributed by atoms with van der Waals surface area (Å²) in [5.74, 6) is 0.272. The molecule has 0 unspecified atom stereocenters. The number of fused-ring (bicyclic) bond motifs is 2. The van der Waals surface area contributed by atoms with Crippen LogP contribution in [0.15, 0.2) is 97.8 Å². The summed E-state index contributed by atoms with van der Waals surface area (Å²) in [5, 5.41) is 18.4. The monoisotopic (exact) mass is 902 g/mol. The van der Waals surface area contributed by atoms with Gasteiger partial charge in [-0.25, -0.2) is 34.3 Å². The number of rotatable bonds is 10. The van der Waals surface area contributed by atoms with Crippen LogP contribution in [-0.2, 0) is 22.6 Å². The van der Waals surface area contributed by atoms with Gasteiger partial charge in [0, 0.05) is 50.5 Å². The van der Waals surface area contributed by atoms with Gasteiger partial charge in [-0.3, -0.25) is 9.69 Å². The Morgan fingerprint density at radius 1 is 0.683 bits per heavy atom. The second-order valence-corrected chi connectivity index (χ2v) is 14.7. The van der Waals surface area contributed by atoms with Gasteiger partial charge in [-0.1, -0.05) is 12.1 Å². The van der Waals surface area contributed by atoms with E-state index in [0.29, 0.717) is 69.2 Å². The molecule has 6 aromatic rings. The van der Waals surface area contributed by atoms with E-state index < -0.39 is 5.97 Å². The minimum atomic E-state index is -0.981. The minimum Gasteiger partial charge on any atom is -0.478 e. The molecule has 63 heavy (non-hydrogen) atoms. The summed E-state index contributed by atoms with van der Waals surface area (Å²) < 4.78 is 13.8. The van der Waals surface area contributed by atoms with Gasteiger partial charge in [0.1, 0.15) is 36.1 Å². The van der Waals surface area contributed by atoms with Crippen LogP contribution in [0.1, 0.15) is 44.9 Å². The summed E-state index contributed by atoms with van der Waals surface area (Å²) >= 11 is 0. The quantitative estimate of drug-likeness (QED) is 0.147. The fraction of sp³-hybridized carbons (Fsp3) is 0.333. The number of nitrogens with one attached hydrogen (secondary N) is 3. The van der Waals surface area contributed by atoms with Crippen molar-refractivity contribution in [3.63, 3.8) is 0 Å².